The number of carbonyl (C=O) groups is 1. The standard InChI is InChI=1S/C12H17N5O/c1-2-3-4-5-17-12-9(7-16-17)10(13)8(6-15-12)11(14)18/h6-7H,2-5H2,1H3,(H2,13,15)(H2,14,18). The van der Waals surface area contributed by atoms with E-state index in [-0.39, 0.29) is 5.56 Å². The Kier molecular flexibility index (Phi) is 3.45. The minimum Gasteiger partial charge on any atom is -0.397 e. The van der Waals surface area contributed by atoms with Crippen LogP contribution in [0.1, 0.15) is 36.5 Å². The van der Waals surface area contributed by atoms with E-state index in [9.17, 15) is 4.79 Å². The van der Waals surface area contributed by atoms with Crippen molar-refractivity contribution in [1.29, 1.82) is 0 Å². The van der Waals surface area contributed by atoms with Crippen molar-refractivity contribution in [3.8, 4) is 0 Å². The maximum Gasteiger partial charge on any atom is 0.252 e. The summed E-state index contributed by atoms with van der Waals surface area (Å²) in [7, 11) is 0. The van der Waals surface area contributed by atoms with Crippen LogP contribution in [-0.4, -0.2) is 20.7 Å². The second-order valence-corrected chi connectivity index (χ2v) is 4.26. The van der Waals surface area contributed by atoms with Crippen LogP contribution in [0.2, 0.25) is 0 Å². The van der Waals surface area contributed by atoms with Gasteiger partial charge in [-0.05, 0) is 6.42 Å². The number of fused-ring (bicyclic) bond motifs is 1. The molecule has 0 radical (unpaired) electrons. The van der Waals surface area contributed by atoms with Gasteiger partial charge in [0, 0.05) is 12.7 Å². The molecule has 0 fully saturated rings. The highest BCUT2D eigenvalue weighted by molar-refractivity contribution is 6.04. The Morgan fingerprint density at radius 3 is 2.83 bits per heavy atom. The van der Waals surface area contributed by atoms with Crippen LogP contribution in [-0.2, 0) is 6.54 Å². The van der Waals surface area contributed by atoms with Crippen LogP contribution < -0.4 is 11.5 Å². The summed E-state index contributed by atoms with van der Waals surface area (Å²) in [5, 5.41) is 4.93. The fourth-order valence-electron chi connectivity index (χ4n) is 1.92. The Bertz CT molecular complexity index is 575. The second-order valence-electron chi connectivity index (χ2n) is 4.26. The van der Waals surface area contributed by atoms with Gasteiger partial charge in [0.1, 0.15) is 0 Å². The fourth-order valence-corrected chi connectivity index (χ4v) is 1.92. The summed E-state index contributed by atoms with van der Waals surface area (Å²) in [6, 6.07) is 0. The van der Waals surface area contributed by atoms with E-state index >= 15 is 0 Å². The molecule has 0 atom stereocenters. The molecule has 6 heteroatoms. The lowest BCUT2D eigenvalue weighted by Crippen LogP contribution is -2.14. The van der Waals surface area contributed by atoms with E-state index in [1.165, 1.54) is 6.20 Å². The SMILES string of the molecule is CCCCCn1ncc2c(N)c(C(N)=O)cnc21. The van der Waals surface area contributed by atoms with Gasteiger partial charge in [-0.3, -0.25) is 4.79 Å². The largest absolute Gasteiger partial charge is 0.397 e. The Morgan fingerprint density at radius 2 is 2.17 bits per heavy atom. The van der Waals surface area contributed by atoms with E-state index < -0.39 is 5.91 Å². The highest BCUT2D eigenvalue weighted by Gasteiger charge is 2.13. The molecule has 0 saturated carbocycles. The van der Waals surface area contributed by atoms with Crippen LogP contribution in [0.4, 0.5) is 5.69 Å². The third kappa shape index (κ3) is 2.13. The number of primary amides is 1. The molecule has 18 heavy (non-hydrogen) atoms. The van der Waals surface area contributed by atoms with Gasteiger partial charge in [0.25, 0.3) is 5.91 Å². The first-order valence-corrected chi connectivity index (χ1v) is 6.05. The molecular weight excluding hydrogens is 230 g/mol. The summed E-state index contributed by atoms with van der Waals surface area (Å²) in [5.74, 6) is -0.569. The summed E-state index contributed by atoms with van der Waals surface area (Å²) in [6.07, 6.45) is 6.40. The summed E-state index contributed by atoms with van der Waals surface area (Å²) in [4.78, 5) is 15.4. The number of pyridine rings is 1. The molecule has 1 amide bonds. The number of amides is 1. The molecular formula is C12H17N5O. The van der Waals surface area contributed by atoms with Crippen molar-refractivity contribution in [3.05, 3.63) is 18.0 Å². The zero-order valence-corrected chi connectivity index (χ0v) is 10.4. The number of rotatable bonds is 5. The number of nitrogens with zero attached hydrogens (tertiary/aromatic N) is 3. The average molecular weight is 247 g/mol. The van der Waals surface area contributed by atoms with Gasteiger partial charge in [0.2, 0.25) is 0 Å². The van der Waals surface area contributed by atoms with Gasteiger partial charge < -0.3 is 11.5 Å². The van der Waals surface area contributed by atoms with Crippen molar-refractivity contribution in [2.45, 2.75) is 32.7 Å². The zero-order chi connectivity index (χ0) is 13.1. The van der Waals surface area contributed by atoms with Gasteiger partial charge in [-0.25, -0.2) is 9.67 Å². The van der Waals surface area contributed by atoms with Gasteiger partial charge in [-0.2, -0.15) is 5.10 Å². The molecule has 0 bridgehead atoms. The number of carbonyl (C=O) groups excluding carboxylic acids is 1. The maximum atomic E-state index is 11.2. The highest BCUT2D eigenvalue weighted by atomic mass is 16.1. The Morgan fingerprint density at radius 1 is 1.39 bits per heavy atom. The molecule has 2 aromatic heterocycles. The van der Waals surface area contributed by atoms with E-state index in [0.29, 0.717) is 16.7 Å². The molecule has 2 rings (SSSR count). The zero-order valence-electron chi connectivity index (χ0n) is 10.4. The van der Waals surface area contributed by atoms with Gasteiger partial charge in [0.05, 0.1) is 22.8 Å². The lowest BCUT2D eigenvalue weighted by Gasteiger charge is -2.04. The maximum absolute atomic E-state index is 11.2. The van der Waals surface area contributed by atoms with Crippen LogP contribution in [0.15, 0.2) is 12.4 Å². The van der Waals surface area contributed by atoms with Crippen LogP contribution in [0.5, 0.6) is 0 Å². The molecule has 0 aliphatic carbocycles. The van der Waals surface area contributed by atoms with Gasteiger partial charge in [0.15, 0.2) is 5.65 Å². The first-order chi connectivity index (χ1) is 8.65. The van der Waals surface area contributed by atoms with E-state index in [2.05, 4.69) is 17.0 Å². The minimum absolute atomic E-state index is 0.246. The monoisotopic (exact) mass is 247 g/mol. The molecule has 2 heterocycles. The molecule has 0 saturated heterocycles. The number of anilines is 1. The van der Waals surface area contributed by atoms with Crippen molar-refractivity contribution in [2.75, 3.05) is 5.73 Å². The Labute approximate surface area is 105 Å². The van der Waals surface area contributed by atoms with Crippen LogP contribution >= 0.6 is 0 Å². The number of aromatic nitrogens is 3. The number of hydrogen-bond acceptors (Lipinski definition) is 4. The van der Waals surface area contributed by atoms with Gasteiger partial charge in [-0.15, -0.1) is 0 Å². The predicted octanol–water partition coefficient (Wildman–Crippen LogP) is 1.30. The first-order valence-electron chi connectivity index (χ1n) is 6.05. The Hall–Kier alpha value is -2.11. The van der Waals surface area contributed by atoms with E-state index in [4.69, 9.17) is 11.5 Å². The first kappa shape index (κ1) is 12.3. The summed E-state index contributed by atoms with van der Waals surface area (Å²) in [5.41, 5.74) is 12.4. The molecule has 4 N–H and O–H groups in total. The Balaban J connectivity index is 2.37. The summed E-state index contributed by atoms with van der Waals surface area (Å²) < 4.78 is 1.81. The lowest BCUT2D eigenvalue weighted by molar-refractivity contribution is 0.100. The van der Waals surface area contributed by atoms with Gasteiger partial charge in [-0.1, -0.05) is 19.8 Å². The normalized spacial score (nSPS) is 10.9. The molecule has 0 aliphatic rings. The third-order valence-electron chi connectivity index (χ3n) is 2.95. The summed E-state index contributed by atoms with van der Waals surface area (Å²) in [6.45, 7) is 2.95. The van der Waals surface area contributed by atoms with Gasteiger partial charge >= 0.3 is 0 Å². The quantitative estimate of drug-likeness (QED) is 0.778. The van der Waals surface area contributed by atoms with E-state index in [1.54, 1.807) is 6.20 Å². The number of hydrogen-bond donors (Lipinski definition) is 2. The third-order valence-corrected chi connectivity index (χ3v) is 2.95. The molecule has 6 nitrogen and oxygen atoms in total. The average Bonchev–Trinajstić information content (AvgIpc) is 2.74. The molecule has 0 aromatic carbocycles. The topological polar surface area (TPSA) is 99.8 Å². The minimum atomic E-state index is -0.569. The lowest BCUT2D eigenvalue weighted by atomic mass is 10.2. The molecule has 96 valence electrons. The van der Waals surface area contributed by atoms with Crippen molar-refractivity contribution in [2.24, 2.45) is 5.73 Å². The van der Waals surface area contributed by atoms with Crippen molar-refractivity contribution in [1.82, 2.24) is 14.8 Å². The second kappa shape index (κ2) is 5.03. The fraction of sp³-hybridized carbons (Fsp3) is 0.417. The molecule has 0 spiro atoms. The molecule has 0 unspecified atom stereocenters. The van der Waals surface area contributed by atoms with Crippen LogP contribution in [0.3, 0.4) is 0 Å². The molecule has 0 aliphatic heterocycles. The van der Waals surface area contributed by atoms with E-state index in [1.807, 2.05) is 4.68 Å². The molecule has 2 aromatic rings. The number of nitrogen functional groups attached to an aromatic ring is 1. The van der Waals surface area contributed by atoms with Crippen molar-refractivity contribution in [3.63, 3.8) is 0 Å². The van der Waals surface area contributed by atoms with Crippen molar-refractivity contribution < 1.29 is 4.79 Å². The van der Waals surface area contributed by atoms with Crippen molar-refractivity contribution >= 4 is 22.6 Å². The number of unbranched alkanes of at least 4 members (excludes halogenated alkanes) is 2. The number of nitrogens with two attached hydrogens (primary N) is 2. The predicted molar refractivity (Wildman–Crippen MR) is 70.0 cm³/mol. The van der Waals surface area contributed by atoms with Crippen LogP contribution in [0, 0.1) is 0 Å². The van der Waals surface area contributed by atoms with E-state index in [0.717, 1.165) is 25.8 Å². The number of aryl methyl sites for hydroxylation is 1. The smallest absolute Gasteiger partial charge is 0.252 e. The highest BCUT2D eigenvalue weighted by Crippen LogP contribution is 2.22. The van der Waals surface area contributed by atoms with Crippen LogP contribution in [0.25, 0.3) is 11.0 Å². The summed E-state index contributed by atoms with van der Waals surface area (Å²) >= 11 is 0.